The lowest BCUT2D eigenvalue weighted by atomic mass is 10.3. The number of ether oxygens (including phenoxy) is 1. The Kier molecular flexibility index (Phi) is 4.32. The van der Waals surface area contributed by atoms with Gasteiger partial charge >= 0.3 is 0 Å². The minimum absolute atomic E-state index is 0.0873. The van der Waals surface area contributed by atoms with E-state index in [0.717, 1.165) is 12.6 Å². The molecule has 0 amide bonds. The summed E-state index contributed by atoms with van der Waals surface area (Å²) >= 11 is 0. The molecule has 2 nitrogen and oxygen atoms in total. The molecule has 0 radical (unpaired) electrons. The second-order valence-corrected chi connectivity index (χ2v) is 2.78. The molecule has 0 aromatic heterocycles. The molecule has 1 rings (SSSR count). The Bertz CT molecular complexity index is 291. The number of halogens is 2. The molecule has 0 aliphatic heterocycles. The summed E-state index contributed by atoms with van der Waals surface area (Å²) in [6, 6.07) is 3.27. The van der Waals surface area contributed by atoms with Gasteiger partial charge in [-0.25, -0.2) is 8.78 Å². The first kappa shape index (κ1) is 10.9. The Hall–Kier alpha value is -1.16. The van der Waals surface area contributed by atoms with Gasteiger partial charge in [0.1, 0.15) is 12.4 Å². The minimum Gasteiger partial charge on any atom is -0.489 e. The number of hydrogen-bond donors (Lipinski definition) is 1. The molecule has 0 heterocycles. The van der Waals surface area contributed by atoms with Crippen LogP contribution in [0, 0.1) is 11.6 Å². The highest BCUT2D eigenvalue weighted by molar-refractivity contribution is 5.24. The Balaban J connectivity index is 2.42. The zero-order valence-corrected chi connectivity index (χ0v) is 8.02. The molecule has 1 aromatic rings. The van der Waals surface area contributed by atoms with Gasteiger partial charge in [0.05, 0.1) is 0 Å². The zero-order chi connectivity index (χ0) is 10.4. The summed E-state index contributed by atoms with van der Waals surface area (Å²) in [4.78, 5) is 0. The van der Waals surface area contributed by atoms with Gasteiger partial charge in [0, 0.05) is 12.6 Å². The van der Waals surface area contributed by atoms with Crippen LogP contribution < -0.4 is 10.1 Å². The predicted octanol–water partition coefficient (Wildman–Crippen LogP) is 1.95. The van der Waals surface area contributed by atoms with E-state index in [-0.39, 0.29) is 5.75 Å². The van der Waals surface area contributed by atoms with Gasteiger partial charge in [0.15, 0.2) is 11.6 Å². The van der Waals surface area contributed by atoms with Crippen LogP contribution in [0.3, 0.4) is 0 Å². The van der Waals surface area contributed by atoms with Crippen molar-refractivity contribution in [3.8, 4) is 5.75 Å². The maximum Gasteiger partial charge on any atom is 0.167 e. The summed E-state index contributed by atoms with van der Waals surface area (Å²) in [5.41, 5.74) is 0. The van der Waals surface area contributed by atoms with Crippen molar-refractivity contribution in [2.45, 2.75) is 6.92 Å². The van der Waals surface area contributed by atoms with Gasteiger partial charge in [-0.15, -0.1) is 0 Å². The molecule has 0 aliphatic carbocycles. The molecule has 0 aliphatic rings. The van der Waals surface area contributed by atoms with E-state index in [1.165, 1.54) is 12.1 Å². The van der Waals surface area contributed by atoms with E-state index in [2.05, 4.69) is 5.32 Å². The summed E-state index contributed by atoms with van der Waals surface area (Å²) in [7, 11) is 0. The lowest BCUT2D eigenvalue weighted by molar-refractivity contribution is 0.299. The summed E-state index contributed by atoms with van der Waals surface area (Å²) in [5.74, 6) is -1.17. The maximum atomic E-state index is 13.0. The van der Waals surface area contributed by atoms with Gasteiger partial charge in [-0.2, -0.15) is 0 Å². The van der Waals surface area contributed by atoms with Crippen molar-refractivity contribution in [2.24, 2.45) is 0 Å². The first-order chi connectivity index (χ1) is 6.74. The quantitative estimate of drug-likeness (QED) is 0.735. The third kappa shape index (κ3) is 3.30. The molecule has 4 heteroatoms. The van der Waals surface area contributed by atoms with Crippen LogP contribution in [0.4, 0.5) is 8.78 Å². The van der Waals surface area contributed by atoms with Crippen LogP contribution >= 0.6 is 0 Å². The number of rotatable bonds is 5. The fraction of sp³-hybridized carbons (Fsp3) is 0.400. The Morgan fingerprint density at radius 2 is 2.14 bits per heavy atom. The normalized spacial score (nSPS) is 10.2. The lowest BCUT2D eigenvalue weighted by Gasteiger charge is -2.06. The molecule has 0 spiro atoms. The second kappa shape index (κ2) is 5.54. The van der Waals surface area contributed by atoms with Crippen LogP contribution in [0.25, 0.3) is 0 Å². The van der Waals surface area contributed by atoms with E-state index < -0.39 is 11.6 Å². The summed E-state index contributed by atoms with van der Waals surface area (Å²) in [6.45, 7) is 3.83. The van der Waals surface area contributed by atoms with E-state index in [4.69, 9.17) is 4.74 Å². The third-order valence-electron chi connectivity index (χ3n) is 1.68. The molecule has 0 bridgehead atoms. The van der Waals surface area contributed by atoms with Crippen molar-refractivity contribution in [1.82, 2.24) is 5.32 Å². The Morgan fingerprint density at radius 3 is 2.79 bits per heavy atom. The molecule has 0 fully saturated rings. The van der Waals surface area contributed by atoms with E-state index in [9.17, 15) is 8.78 Å². The topological polar surface area (TPSA) is 21.3 Å². The molecule has 1 N–H and O–H groups in total. The highest BCUT2D eigenvalue weighted by atomic mass is 19.1. The van der Waals surface area contributed by atoms with Gasteiger partial charge in [-0.3, -0.25) is 0 Å². The summed E-state index contributed by atoms with van der Waals surface area (Å²) in [5, 5.41) is 3.03. The SMILES string of the molecule is CCNCCOc1ccc(F)cc1F. The number of hydrogen-bond acceptors (Lipinski definition) is 2. The number of benzene rings is 1. The molecule has 0 saturated heterocycles. The summed E-state index contributed by atoms with van der Waals surface area (Å²) < 4.78 is 30.5. The highest BCUT2D eigenvalue weighted by Gasteiger charge is 2.03. The van der Waals surface area contributed by atoms with Gasteiger partial charge < -0.3 is 10.1 Å². The molecule has 1 aromatic carbocycles. The largest absolute Gasteiger partial charge is 0.489 e. The van der Waals surface area contributed by atoms with E-state index >= 15 is 0 Å². The molecular weight excluding hydrogens is 188 g/mol. The molecule has 0 saturated carbocycles. The van der Waals surface area contributed by atoms with Gasteiger partial charge in [-0.1, -0.05) is 6.92 Å². The minimum atomic E-state index is -0.665. The average Bonchev–Trinajstić information content (AvgIpc) is 2.15. The number of nitrogens with one attached hydrogen (secondary N) is 1. The molecule has 0 atom stereocenters. The van der Waals surface area contributed by atoms with Gasteiger partial charge in [0.2, 0.25) is 0 Å². The maximum absolute atomic E-state index is 13.0. The lowest BCUT2D eigenvalue weighted by Crippen LogP contribution is -2.20. The van der Waals surface area contributed by atoms with E-state index in [1.54, 1.807) is 0 Å². The van der Waals surface area contributed by atoms with Crippen LogP contribution in [-0.2, 0) is 0 Å². The average molecular weight is 201 g/mol. The van der Waals surface area contributed by atoms with Crippen molar-refractivity contribution in [3.05, 3.63) is 29.8 Å². The number of likely N-dealkylation sites (N-methyl/N-ethyl adjacent to an activating group) is 1. The van der Waals surface area contributed by atoms with Crippen molar-refractivity contribution in [2.75, 3.05) is 19.7 Å². The third-order valence-corrected chi connectivity index (χ3v) is 1.68. The standard InChI is InChI=1S/C10H13F2NO/c1-2-13-5-6-14-10-4-3-8(11)7-9(10)12/h3-4,7,13H,2,5-6H2,1H3. The molecule has 78 valence electrons. The fourth-order valence-corrected chi connectivity index (χ4v) is 1.00. The Labute approximate surface area is 81.9 Å². The summed E-state index contributed by atoms with van der Waals surface area (Å²) in [6.07, 6.45) is 0. The van der Waals surface area contributed by atoms with E-state index in [0.29, 0.717) is 13.2 Å². The van der Waals surface area contributed by atoms with E-state index in [1.807, 2.05) is 6.92 Å². The van der Waals surface area contributed by atoms with Crippen molar-refractivity contribution >= 4 is 0 Å². The van der Waals surface area contributed by atoms with Crippen LogP contribution in [0.15, 0.2) is 18.2 Å². The van der Waals surface area contributed by atoms with Gasteiger partial charge in [-0.05, 0) is 18.7 Å². The monoisotopic (exact) mass is 201 g/mol. The van der Waals surface area contributed by atoms with Crippen molar-refractivity contribution in [3.63, 3.8) is 0 Å². The van der Waals surface area contributed by atoms with Crippen LogP contribution in [-0.4, -0.2) is 19.7 Å². The van der Waals surface area contributed by atoms with Crippen LogP contribution in [0.5, 0.6) is 5.75 Å². The van der Waals surface area contributed by atoms with Crippen LogP contribution in [0.2, 0.25) is 0 Å². The Morgan fingerprint density at radius 1 is 1.36 bits per heavy atom. The first-order valence-electron chi connectivity index (χ1n) is 4.52. The van der Waals surface area contributed by atoms with Gasteiger partial charge in [0.25, 0.3) is 0 Å². The molecule has 14 heavy (non-hydrogen) atoms. The van der Waals surface area contributed by atoms with Crippen LogP contribution in [0.1, 0.15) is 6.92 Å². The smallest absolute Gasteiger partial charge is 0.167 e. The van der Waals surface area contributed by atoms with Crippen molar-refractivity contribution < 1.29 is 13.5 Å². The zero-order valence-electron chi connectivity index (χ0n) is 8.02. The first-order valence-corrected chi connectivity index (χ1v) is 4.52. The fourth-order valence-electron chi connectivity index (χ4n) is 1.00. The predicted molar refractivity (Wildman–Crippen MR) is 50.4 cm³/mol. The molecular formula is C10H13F2NO. The second-order valence-electron chi connectivity index (χ2n) is 2.78. The van der Waals surface area contributed by atoms with Crippen molar-refractivity contribution in [1.29, 1.82) is 0 Å². The molecule has 0 unspecified atom stereocenters. The highest BCUT2D eigenvalue weighted by Crippen LogP contribution is 2.16.